The molecule has 0 aromatic heterocycles. The average Bonchev–Trinajstić information content (AvgIpc) is 3.64. The molecule has 0 radical (unpaired) electrons. The fourth-order valence-electron chi connectivity index (χ4n) is 11.5. The van der Waals surface area contributed by atoms with Crippen LogP contribution in [0.5, 0.6) is 0 Å². The van der Waals surface area contributed by atoms with Gasteiger partial charge in [0.2, 0.25) is 0 Å². The molecule has 0 aliphatic carbocycles. The van der Waals surface area contributed by atoms with Crippen LogP contribution in [0.15, 0.2) is 252 Å². The molecule has 0 aliphatic rings. The smallest absolute Gasteiger partial charge is 0.0540 e. The van der Waals surface area contributed by atoms with E-state index in [4.69, 9.17) is 0 Å². The number of nitrogens with zero attached hydrogens (tertiary/aromatic N) is 2. The second-order valence-corrected chi connectivity index (χ2v) is 22.4. The first-order valence-electron chi connectivity index (χ1n) is 27.0. The van der Waals surface area contributed by atoms with Gasteiger partial charge in [-0.15, -0.1) is 0 Å². The molecule has 79 heavy (non-hydrogen) atoms. The second-order valence-electron chi connectivity index (χ2n) is 20.7. The van der Waals surface area contributed by atoms with Crippen LogP contribution in [-0.4, -0.2) is 0 Å². The van der Waals surface area contributed by atoms with Crippen LogP contribution in [0.3, 0.4) is 0 Å². The van der Waals surface area contributed by atoms with Crippen LogP contribution in [0.2, 0.25) is 0 Å². The summed E-state index contributed by atoms with van der Waals surface area (Å²) in [5.41, 5.74) is 17.0. The Morgan fingerprint density at radius 2 is 0.494 bits per heavy atom. The predicted octanol–water partition coefficient (Wildman–Crippen LogP) is 22.9. The molecular weight excluding hydrogens is 1090 g/mol. The van der Waals surface area contributed by atoms with Crippen molar-refractivity contribution < 1.29 is 0 Å². The molecule has 0 aliphatic heterocycles. The second kappa shape index (κ2) is 21.7. The summed E-state index contributed by atoms with van der Waals surface area (Å²) in [6.45, 7) is 13.0. The zero-order chi connectivity index (χ0) is 54.3. The molecule has 14 aromatic rings. The number of para-hydroxylation sites is 6. The van der Waals surface area contributed by atoms with E-state index in [0.29, 0.717) is 0 Å². The Kier molecular flexibility index (Phi) is 14.1. The van der Waals surface area contributed by atoms with Crippen molar-refractivity contribution in [1.29, 1.82) is 0 Å². The highest BCUT2D eigenvalue weighted by molar-refractivity contribution is 9.11. The number of hydrogen-bond acceptors (Lipinski definition) is 3. The van der Waals surface area contributed by atoms with E-state index >= 15 is 0 Å². The maximum absolute atomic E-state index is 3.65. The van der Waals surface area contributed by atoms with Gasteiger partial charge in [0.1, 0.15) is 0 Å². The first-order valence-corrected chi connectivity index (χ1v) is 28.6. The molecule has 0 saturated carbocycles. The molecule has 0 bridgehead atoms. The summed E-state index contributed by atoms with van der Waals surface area (Å²) >= 11 is 7.30. The first-order chi connectivity index (χ1) is 38.5. The minimum absolute atomic E-state index is 1.16. The van der Waals surface area contributed by atoms with Crippen LogP contribution in [0.25, 0.3) is 64.6 Å². The van der Waals surface area contributed by atoms with E-state index in [-0.39, 0.29) is 0 Å². The molecule has 0 saturated heterocycles. The molecule has 3 nitrogen and oxygen atoms in total. The van der Waals surface area contributed by atoms with Crippen LogP contribution in [0.4, 0.5) is 45.5 Å². The zero-order valence-electron chi connectivity index (χ0n) is 45.2. The third-order valence-corrected chi connectivity index (χ3v) is 17.0. The maximum Gasteiger partial charge on any atom is 0.0540 e. The lowest BCUT2D eigenvalue weighted by atomic mass is 9.91. The topological polar surface area (TPSA) is 18.5 Å². The van der Waals surface area contributed by atoms with Gasteiger partial charge in [0.05, 0.1) is 11.4 Å². The van der Waals surface area contributed by atoms with Gasteiger partial charge in [-0.3, -0.25) is 0 Å². The Hall–Kier alpha value is -8.48. The van der Waals surface area contributed by atoms with Crippen molar-refractivity contribution in [2.24, 2.45) is 0 Å². The number of nitrogens with one attached hydrogen (secondary N) is 1. The van der Waals surface area contributed by atoms with E-state index in [2.05, 4.69) is 319 Å². The summed E-state index contributed by atoms with van der Waals surface area (Å²) in [4.78, 5) is 4.90. The largest absolute Gasteiger partial charge is 0.355 e. The third-order valence-electron chi connectivity index (χ3n) is 15.6. The van der Waals surface area contributed by atoms with Crippen molar-refractivity contribution >= 4 is 142 Å². The fraction of sp³-hybridized carbons (Fsp3) is 0.0811. The summed E-state index contributed by atoms with van der Waals surface area (Å²) in [6.07, 6.45) is 0. The highest BCUT2D eigenvalue weighted by Crippen LogP contribution is 2.49. The number of rotatable bonds is 8. The minimum Gasteiger partial charge on any atom is -0.355 e. The third kappa shape index (κ3) is 9.62. The van der Waals surface area contributed by atoms with Crippen LogP contribution in [0.1, 0.15) is 33.4 Å². The van der Waals surface area contributed by atoms with Crippen molar-refractivity contribution in [2.45, 2.75) is 41.5 Å². The van der Waals surface area contributed by atoms with Crippen LogP contribution in [-0.2, 0) is 0 Å². The van der Waals surface area contributed by atoms with Crippen molar-refractivity contribution in [1.82, 2.24) is 0 Å². The molecule has 0 fully saturated rings. The molecule has 0 unspecified atom stereocenters. The Morgan fingerprint density at radius 1 is 0.241 bits per heavy atom. The van der Waals surface area contributed by atoms with E-state index in [1.165, 1.54) is 144 Å². The number of anilines is 8. The van der Waals surface area contributed by atoms with E-state index in [1.807, 2.05) is 12.1 Å². The summed E-state index contributed by atoms with van der Waals surface area (Å²) in [5.74, 6) is 0. The van der Waals surface area contributed by atoms with Crippen molar-refractivity contribution in [3.8, 4) is 0 Å². The molecule has 5 heteroatoms. The number of aryl methyl sites for hydroxylation is 6. The highest BCUT2D eigenvalue weighted by Gasteiger charge is 2.24. The molecule has 0 atom stereocenters. The zero-order valence-corrected chi connectivity index (χ0v) is 48.4. The Labute approximate surface area is 480 Å². The summed E-state index contributed by atoms with van der Waals surface area (Å²) in [7, 11) is 0. The van der Waals surface area contributed by atoms with Gasteiger partial charge in [0.15, 0.2) is 0 Å². The summed E-state index contributed by atoms with van der Waals surface area (Å²) in [5, 5.41) is 18.9. The van der Waals surface area contributed by atoms with Gasteiger partial charge in [-0.2, -0.15) is 0 Å². The monoisotopic (exact) mass is 1150 g/mol. The molecule has 0 amide bonds. The average molecular weight is 1150 g/mol. The molecular formula is C74H59Br2N3. The molecule has 14 aromatic carbocycles. The molecule has 14 rings (SSSR count). The summed E-state index contributed by atoms with van der Waals surface area (Å²) in [6, 6.07) is 87.2. The minimum atomic E-state index is 1.16. The predicted molar refractivity (Wildman–Crippen MR) is 350 cm³/mol. The number of benzene rings is 14. The van der Waals surface area contributed by atoms with Gasteiger partial charge in [0.25, 0.3) is 0 Å². The molecule has 384 valence electrons. The maximum atomic E-state index is 3.65. The quantitative estimate of drug-likeness (QED) is 0.153. The van der Waals surface area contributed by atoms with Gasteiger partial charge >= 0.3 is 0 Å². The van der Waals surface area contributed by atoms with Crippen molar-refractivity contribution in [2.75, 3.05) is 15.1 Å². The van der Waals surface area contributed by atoms with Crippen molar-refractivity contribution in [3.63, 3.8) is 0 Å². The Morgan fingerprint density at radius 3 is 0.810 bits per heavy atom. The normalized spacial score (nSPS) is 11.3. The Balaban J connectivity index is 0.000000152. The molecule has 0 heterocycles. The Bertz CT molecular complexity index is 4160. The lowest BCUT2D eigenvalue weighted by molar-refractivity contribution is 1.23. The van der Waals surface area contributed by atoms with Gasteiger partial charge in [-0.05, 0) is 189 Å². The van der Waals surface area contributed by atoms with Crippen LogP contribution >= 0.6 is 31.9 Å². The van der Waals surface area contributed by atoms with Crippen LogP contribution < -0.4 is 15.1 Å². The fourth-order valence-corrected chi connectivity index (χ4v) is 12.4. The summed E-state index contributed by atoms with van der Waals surface area (Å²) < 4.78 is 2.31. The SMILES string of the molecule is Brc1ccc2ccc3c(Br)ccc4ccc1c2c43.Cc1ccccc1N(c1ccccc1C)c1ccc2ccc3c(N(c4ccccc4C)c4ccccc4C)ccc4ccc1c2c43.Cc1ccccc1Nc1ccccc1C. The highest BCUT2D eigenvalue weighted by atomic mass is 79.9. The van der Waals surface area contributed by atoms with E-state index in [0.717, 1.165) is 8.95 Å². The van der Waals surface area contributed by atoms with Gasteiger partial charge in [0, 0.05) is 53.8 Å². The van der Waals surface area contributed by atoms with Gasteiger partial charge < -0.3 is 15.1 Å². The molecule has 1 N–H and O–H groups in total. The first kappa shape index (κ1) is 51.3. The lowest BCUT2D eigenvalue weighted by Crippen LogP contribution is -2.14. The van der Waals surface area contributed by atoms with E-state index in [9.17, 15) is 0 Å². The van der Waals surface area contributed by atoms with Gasteiger partial charge in [-0.1, -0.05) is 214 Å². The van der Waals surface area contributed by atoms with Crippen molar-refractivity contribution in [3.05, 3.63) is 285 Å². The lowest BCUT2D eigenvalue weighted by Gasteiger charge is -2.31. The number of halogens is 2. The van der Waals surface area contributed by atoms with E-state index in [1.54, 1.807) is 0 Å². The number of hydrogen-bond donors (Lipinski definition) is 1. The standard InChI is InChI=1S/C44H36N2.C16H8Br2.C14H15N/c1-29-13-5-9-17-37(29)45(38-18-10-6-14-30(38)2)41-27-23-33-22-26-36-42(28-24-34-21-25-35(41)43(33)44(34)36)46(39-19-11-7-15-31(39)3)40-20-12-8-16-32(40)4;17-13-8-4-10-2-6-12-14(18)7-3-9-1-5-11(13)16(10)15(9)12;1-11-7-3-5-9-13(11)15-14-10-6-4-8-12(14)2/h5-28H,1-4H3;1-8H;3-10,15H,1-2H3. The van der Waals surface area contributed by atoms with E-state index < -0.39 is 0 Å². The van der Waals surface area contributed by atoms with Crippen LogP contribution in [0, 0.1) is 41.5 Å². The van der Waals surface area contributed by atoms with Gasteiger partial charge in [-0.25, -0.2) is 0 Å². The molecule has 0 spiro atoms.